The van der Waals surface area contributed by atoms with Gasteiger partial charge in [0.2, 0.25) is 10.0 Å². The summed E-state index contributed by atoms with van der Waals surface area (Å²) in [6.45, 7) is 0.530. The summed E-state index contributed by atoms with van der Waals surface area (Å²) >= 11 is 2.30. The molecule has 5 heteroatoms. The van der Waals surface area contributed by atoms with Crippen LogP contribution in [0, 0.1) is 0 Å². The van der Waals surface area contributed by atoms with Crippen LogP contribution in [0.1, 0.15) is 30.4 Å². The zero-order chi connectivity index (χ0) is 13.0. The van der Waals surface area contributed by atoms with Gasteiger partial charge in [0, 0.05) is 6.54 Å². The summed E-state index contributed by atoms with van der Waals surface area (Å²) in [4.78, 5) is 0.414. The molecule has 1 aromatic rings. The summed E-state index contributed by atoms with van der Waals surface area (Å²) in [5.74, 6) is 0. The zero-order valence-electron chi connectivity index (χ0n) is 10.3. The van der Waals surface area contributed by atoms with Crippen LogP contribution in [0.25, 0.3) is 0 Å². The Hall–Kier alpha value is -0.140. The van der Waals surface area contributed by atoms with E-state index in [1.165, 1.54) is 11.1 Å². The van der Waals surface area contributed by atoms with Gasteiger partial charge in [-0.25, -0.2) is 13.1 Å². The highest BCUT2D eigenvalue weighted by molar-refractivity contribution is 14.1. The minimum atomic E-state index is -3.31. The minimum Gasteiger partial charge on any atom is -0.211 e. The zero-order valence-corrected chi connectivity index (χ0v) is 13.3. The fraction of sp³-hybridized carbons (Fsp3) is 0.538. The van der Waals surface area contributed by atoms with E-state index in [2.05, 4.69) is 27.3 Å². The summed E-state index contributed by atoms with van der Waals surface area (Å²) in [5.41, 5.74) is 2.50. The first-order valence-corrected chi connectivity index (χ1v) is 9.32. The fourth-order valence-corrected chi connectivity index (χ4v) is 3.89. The number of benzene rings is 1. The van der Waals surface area contributed by atoms with Crippen LogP contribution < -0.4 is 4.72 Å². The SMILES string of the molecule is O=S(=O)(NCCCCI)c1ccc2c(c1)CCC2. The van der Waals surface area contributed by atoms with Crippen LogP contribution in [0.15, 0.2) is 23.1 Å². The molecule has 0 aromatic heterocycles. The van der Waals surface area contributed by atoms with Gasteiger partial charge in [0.05, 0.1) is 4.90 Å². The van der Waals surface area contributed by atoms with Gasteiger partial charge in [-0.05, 0) is 59.8 Å². The van der Waals surface area contributed by atoms with Gasteiger partial charge in [-0.3, -0.25) is 0 Å². The van der Waals surface area contributed by atoms with E-state index >= 15 is 0 Å². The molecule has 3 nitrogen and oxygen atoms in total. The van der Waals surface area contributed by atoms with Gasteiger partial charge in [-0.15, -0.1) is 0 Å². The van der Waals surface area contributed by atoms with E-state index in [1.54, 1.807) is 6.07 Å². The second-order valence-corrected chi connectivity index (χ2v) is 7.42. The first-order chi connectivity index (χ1) is 8.63. The lowest BCUT2D eigenvalue weighted by atomic mass is 10.1. The largest absolute Gasteiger partial charge is 0.240 e. The highest BCUT2D eigenvalue weighted by Gasteiger charge is 2.17. The molecule has 0 spiro atoms. The van der Waals surface area contributed by atoms with Gasteiger partial charge < -0.3 is 0 Å². The van der Waals surface area contributed by atoms with Crippen molar-refractivity contribution < 1.29 is 8.42 Å². The molecule has 1 N–H and O–H groups in total. The molecule has 1 aliphatic rings. The molecule has 0 unspecified atom stereocenters. The molecule has 0 saturated carbocycles. The summed E-state index contributed by atoms with van der Waals surface area (Å²) in [6.07, 6.45) is 5.18. The third-order valence-electron chi connectivity index (χ3n) is 3.23. The highest BCUT2D eigenvalue weighted by atomic mass is 127. The van der Waals surface area contributed by atoms with Crippen LogP contribution in [0.2, 0.25) is 0 Å². The Labute approximate surface area is 123 Å². The van der Waals surface area contributed by atoms with E-state index in [1.807, 2.05) is 12.1 Å². The van der Waals surface area contributed by atoms with Gasteiger partial charge in [-0.1, -0.05) is 28.7 Å². The van der Waals surface area contributed by atoms with E-state index in [0.717, 1.165) is 36.5 Å². The molecular weight excluding hydrogens is 361 g/mol. The van der Waals surface area contributed by atoms with Crippen molar-refractivity contribution in [1.82, 2.24) is 4.72 Å². The van der Waals surface area contributed by atoms with E-state index in [0.29, 0.717) is 11.4 Å². The monoisotopic (exact) mass is 379 g/mol. The number of alkyl halides is 1. The summed E-state index contributed by atoms with van der Waals surface area (Å²) < 4.78 is 27.9. The molecule has 0 amide bonds. The number of sulfonamides is 1. The van der Waals surface area contributed by atoms with Crippen LogP contribution in [0.3, 0.4) is 0 Å². The molecule has 100 valence electrons. The summed E-state index contributed by atoms with van der Waals surface area (Å²) in [5, 5.41) is 0. The predicted octanol–water partition coefficient (Wildman–Crippen LogP) is 2.67. The first kappa shape index (κ1) is 14.3. The third-order valence-corrected chi connectivity index (χ3v) is 5.45. The number of fused-ring (bicyclic) bond motifs is 1. The maximum atomic E-state index is 12.1. The predicted molar refractivity (Wildman–Crippen MR) is 81.8 cm³/mol. The van der Waals surface area contributed by atoms with E-state index in [9.17, 15) is 8.42 Å². The molecule has 1 aliphatic carbocycles. The lowest BCUT2D eigenvalue weighted by Gasteiger charge is -2.08. The Kier molecular flexibility index (Phi) is 5.03. The van der Waals surface area contributed by atoms with Gasteiger partial charge >= 0.3 is 0 Å². The van der Waals surface area contributed by atoms with Crippen molar-refractivity contribution >= 4 is 32.6 Å². The molecular formula is C13H18INO2S. The van der Waals surface area contributed by atoms with Crippen molar-refractivity contribution in [3.05, 3.63) is 29.3 Å². The lowest BCUT2D eigenvalue weighted by Crippen LogP contribution is -2.25. The number of hydrogen-bond donors (Lipinski definition) is 1. The Morgan fingerprint density at radius 1 is 1.17 bits per heavy atom. The Bertz CT molecular complexity index is 514. The van der Waals surface area contributed by atoms with Crippen LogP contribution in [-0.4, -0.2) is 19.4 Å². The highest BCUT2D eigenvalue weighted by Crippen LogP contribution is 2.24. The maximum absolute atomic E-state index is 12.1. The quantitative estimate of drug-likeness (QED) is 0.469. The third kappa shape index (κ3) is 3.45. The number of aryl methyl sites for hydroxylation is 2. The molecule has 0 saturated heterocycles. The van der Waals surface area contributed by atoms with Crippen LogP contribution in [0.4, 0.5) is 0 Å². The number of nitrogens with one attached hydrogen (secondary N) is 1. The first-order valence-electron chi connectivity index (χ1n) is 6.31. The van der Waals surface area contributed by atoms with Gasteiger partial charge in [0.15, 0.2) is 0 Å². The van der Waals surface area contributed by atoms with Crippen LogP contribution in [0.5, 0.6) is 0 Å². The van der Waals surface area contributed by atoms with Crippen molar-refractivity contribution in [2.45, 2.75) is 37.0 Å². The van der Waals surface area contributed by atoms with Crippen molar-refractivity contribution in [3.8, 4) is 0 Å². The van der Waals surface area contributed by atoms with E-state index in [-0.39, 0.29) is 0 Å². The molecule has 18 heavy (non-hydrogen) atoms. The van der Waals surface area contributed by atoms with Crippen molar-refractivity contribution in [2.24, 2.45) is 0 Å². The molecule has 2 rings (SSSR count). The average molecular weight is 379 g/mol. The molecule has 0 fully saturated rings. The Morgan fingerprint density at radius 2 is 1.94 bits per heavy atom. The molecule has 0 bridgehead atoms. The molecule has 0 atom stereocenters. The standard InChI is InChI=1S/C13H18INO2S/c14-8-1-2-9-15-18(16,17)13-7-6-11-4-3-5-12(11)10-13/h6-7,10,15H,1-5,8-9H2. The molecule has 0 radical (unpaired) electrons. The second-order valence-electron chi connectivity index (χ2n) is 4.58. The van der Waals surface area contributed by atoms with Gasteiger partial charge in [0.1, 0.15) is 0 Å². The van der Waals surface area contributed by atoms with Crippen molar-refractivity contribution in [1.29, 1.82) is 0 Å². The number of rotatable bonds is 6. The van der Waals surface area contributed by atoms with Crippen molar-refractivity contribution in [3.63, 3.8) is 0 Å². The van der Waals surface area contributed by atoms with Crippen LogP contribution in [-0.2, 0) is 22.9 Å². The normalized spacial score (nSPS) is 14.7. The smallest absolute Gasteiger partial charge is 0.211 e. The summed E-state index contributed by atoms with van der Waals surface area (Å²) in [6, 6.07) is 5.52. The fourth-order valence-electron chi connectivity index (χ4n) is 2.22. The maximum Gasteiger partial charge on any atom is 0.240 e. The Balaban J connectivity index is 2.05. The lowest BCUT2D eigenvalue weighted by molar-refractivity contribution is 0.578. The van der Waals surface area contributed by atoms with Crippen molar-refractivity contribution in [2.75, 3.05) is 11.0 Å². The number of hydrogen-bond acceptors (Lipinski definition) is 2. The van der Waals surface area contributed by atoms with E-state index in [4.69, 9.17) is 0 Å². The molecule has 1 aromatic carbocycles. The number of halogens is 1. The number of unbranched alkanes of at least 4 members (excludes halogenated alkanes) is 1. The van der Waals surface area contributed by atoms with Gasteiger partial charge in [0.25, 0.3) is 0 Å². The summed E-state index contributed by atoms with van der Waals surface area (Å²) in [7, 11) is -3.31. The van der Waals surface area contributed by atoms with E-state index < -0.39 is 10.0 Å². The molecule has 0 heterocycles. The molecule has 0 aliphatic heterocycles. The Morgan fingerprint density at radius 3 is 2.72 bits per heavy atom. The van der Waals surface area contributed by atoms with Gasteiger partial charge in [-0.2, -0.15) is 0 Å². The topological polar surface area (TPSA) is 46.2 Å². The van der Waals surface area contributed by atoms with Crippen LogP contribution >= 0.6 is 22.6 Å². The minimum absolute atomic E-state index is 0.414. The second kappa shape index (κ2) is 6.34. The average Bonchev–Trinajstić information content (AvgIpc) is 2.82.